The summed E-state index contributed by atoms with van der Waals surface area (Å²) < 4.78 is 5.32. The van der Waals surface area contributed by atoms with Gasteiger partial charge in [0, 0.05) is 31.5 Å². The van der Waals surface area contributed by atoms with Crippen LogP contribution in [0.2, 0.25) is 0 Å². The van der Waals surface area contributed by atoms with Crippen LogP contribution in [0.25, 0.3) is 0 Å². The minimum atomic E-state index is 0.0500. The molecule has 1 aromatic carbocycles. The minimum Gasteiger partial charge on any atom is -0.496 e. The quantitative estimate of drug-likeness (QED) is 0.743. The molecular formula is C14H20ClNO2. The van der Waals surface area contributed by atoms with Crippen LogP contribution in [0.3, 0.4) is 0 Å². The van der Waals surface area contributed by atoms with E-state index in [1.807, 2.05) is 12.1 Å². The molecule has 0 spiro atoms. The van der Waals surface area contributed by atoms with Crippen molar-refractivity contribution in [3.63, 3.8) is 0 Å². The van der Waals surface area contributed by atoms with Crippen molar-refractivity contribution in [3.05, 3.63) is 29.3 Å². The van der Waals surface area contributed by atoms with Crippen molar-refractivity contribution in [2.24, 2.45) is 0 Å². The molecular weight excluding hydrogens is 250 g/mol. The third kappa shape index (κ3) is 3.91. The van der Waals surface area contributed by atoms with E-state index in [0.29, 0.717) is 18.8 Å². The van der Waals surface area contributed by atoms with Gasteiger partial charge in [0.05, 0.1) is 7.11 Å². The van der Waals surface area contributed by atoms with Crippen molar-refractivity contribution in [1.29, 1.82) is 0 Å². The number of ether oxygens (including phenoxy) is 1. The van der Waals surface area contributed by atoms with Gasteiger partial charge in [-0.1, -0.05) is 19.1 Å². The van der Waals surface area contributed by atoms with Gasteiger partial charge in [0.1, 0.15) is 5.75 Å². The van der Waals surface area contributed by atoms with Gasteiger partial charge < -0.3 is 9.64 Å². The van der Waals surface area contributed by atoms with E-state index in [9.17, 15) is 4.79 Å². The Morgan fingerprint density at radius 3 is 2.72 bits per heavy atom. The van der Waals surface area contributed by atoms with E-state index in [2.05, 4.69) is 13.0 Å². The summed E-state index contributed by atoms with van der Waals surface area (Å²) in [5, 5.41) is 0. The number of aryl methyl sites for hydroxylation is 1. The molecule has 0 fully saturated rings. The van der Waals surface area contributed by atoms with E-state index < -0.39 is 0 Å². The Morgan fingerprint density at radius 2 is 2.17 bits per heavy atom. The average Bonchev–Trinajstić information content (AvgIpc) is 2.38. The first kappa shape index (κ1) is 14.8. The molecule has 1 aromatic rings. The molecule has 0 aromatic heterocycles. The van der Waals surface area contributed by atoms with Crippen LogP contribution in [0.4, 0.5) is 0 Å². The first-order valence-electron chi connectivity index (χ1n) is 6.08. The predicted octanol–water partition coefficient (Wildman–Crippen LogP) is 2.84. The molecule has 4 heteroatoms. The van der Waals surface area contributed by atoms with Crippen LogP contribution in [0.5, 0.6) is 5.75 Å². The minimum absolute atomic E-state index is 0.0500. The molecule has 0 saturated carbocycles. The van der Waals surface area contributed by atoms with Crippen molar-refractivity contribution < 1.29 is 9.53 Å². The number of hydrogen-bond donors (Lipinski definition) is 0. The van der Waals surface area contributed by atoms with Crippen molar-refractivity contribution in [1.82, 2.24) is 4.90 Å². The highest BCUT2D eigenvalue weighted by molar-refractivity contribution is 6.18. The maximum absolute atomic E-state index is 11.7. The summed E-state index contributed by atoms with van der Waals surface area (Å²) in [6, 6.07) is 6.08. The van der Waals surface area contributed by atoms with E-state index >= 15 is 0 Å². The number of nitrogens with zero attached hydrogens (tertiary/aromatic N) is 1. The largest absolute Gasteiger partial charge is 0.496 e. The fraction of sp³-hybridized carbons (Fsp3) is 0.500. The molecule has 0 N–H and O–H groups in total. The topological polar surface area (TPSA) is 29.5 Å². The Bertz CT molecular complexity index is 407. The van der Waals surface area contributed by atoms with Gasteiger partial charge in [0.15, 0.2) is 0 Å². The summed E-state index contributed by atoms with van der Waals surface area (Å²) in [6.45, 7) is 2.65. The summed E-state index contributed by atoms with van der Waals surface area (Å²) in [7, 11) is 3.43. The lowest BCUT2D eigenvalue weighted by molar-refractivity contribution is -0.130. The molecule has 0 heterocycles. The van der Waals surface area contributed by atoms with Crippen molar-refractivity contribution in [2.75, 3.05) is 20.0 Å². The summed E-state index contributed by atoms with van der Waals surface area (Å²) in [4.78, 5) is 13.4. The van der Waals surface area contributed by atoms with Gasteiger partial charge in [-0.25, -0.2) is 0 Å². The maximum Gasteiger partial charge on any atom is 0.223 e. The Morgan fingerprint density at radius 1 is 1.44 bits per heavy atom. The normalized spacial score (nSPS) is 10.2. The van der Waals surface area contributed by atoms with Crippen molar-refractivity contribution in [3.8, 4) is 5.75 Å². The standard InChI is InChI=1S/C14H20ClNO2/c1-4-11-5-6-13(18-3)12(9-11)10-16(2)14(17)7-8-15/h5-6,9H,4,7-8,10H2,1-3H3. The summed E-state index contributed by atoms with van der Waals surface area (Å²) >= 11 is 5.58. The third-order valence-corrected chi connectivity index (χ3v) is 3.08. The highest BCUT2D eigenvalue weighted by Gasteiger charge is 2.11. The van der Waals surface area contributed by atoms with Gasteiger partial charge in [-0.05, 0) is 18.1 Å². The van der Waals surface area contributed by atoms with Gasteiger partial charge in [-0.3, -0.25) is 4.79 Å². The number of halogens is 1. The van der Waals surface area contributed by atoms with E-state index in [1.165, 1.54) is 5.56 Å². The van der Waals surface area contributed by atoms with Crippen LogP contribution in [-0.4, -0.2) is 30.8 Å². The molecule has 0 unspecified atom stereocenters. The van der Waals surface area contributed by atoms with Gasteiger partial charge in [-0.2, -0.15) is 0 Å². The van der Waals surface area contributed by atoms with Crippen LogP contribution in [0.1, 0.15) is 24.5 Å². The first-order chi connectivity index (χ1) is 8.62. The van der Waals surface area contributed by atoms with Crippen LogP contribution in [0.15, 0.2) is 18.2 Å². The Kier molecular flexibility index (Phi) is 5.99. The average molecular weight is 270 g/mol. The predicted molar refractivity (Wildman–Crippen MR) is 74.2 cm³/mol. The molecule has 0 saturated heterocycles. The molecule has 0 aliphatic rings. The fourth-order valence-corrected chi connectivity index (χ4v) is 1.95. The number of methoxy groups -OCH3 is 1. The van der Waals surface area contributed by atoms with Crippen LogP contribution in [0, 0.1) is 0 Å². The second kappa shape index (κ2) is 7.27. The number of alkyl halides is 1. The molecule has 0 aliphatic heterocycles. The summed E-state index contributed by atoms with van der Waals surface area (Å²) in [5.41, 5.74) is 2.27. The highest BCUT2D eigenvalue weighted by Crippen LogP contribution is 2.21. The van der Waals surface area contributed by atoms with Gasteiger partial charge in [-0.15, -0.1) is 11.6 Å². The zero-order valence-electron chi connectivity index (χ0n) is 11.2. The Labute approximate surface area is 114 Å². The lowest BCUT2D eigenvalue weighted by atomic mass is 10.1. The van der Waals surface area contributed by atoms with Gasteiger partial charge in [0.25, 0.3) is 0 Å². The summed E-state index contributed by atoms with van der Waals surface area (Å²) in [6.07, 6.45) is 1.34. The second-order valence-electron chi connectivity index (χ2n) is 4.19. The zero-order chi connectivity index (χ0) is 13.5. The molecule has 0 bridgehead atoms. The molecule has 18 heavy (non-hydrogen) atoms. The molecule has 0 radical (unpaired) electrons. The first-order valence-corrected chi connectivity index (χ1v) is 6.61. The smallest absolute Gasteiger partial charge is 0.223 e. The number of amides is 1. The number of rotatable bonds is 6. The molecule has 1 rings (SSSR count). The van der Waals surface area contributed by atoms with E-state index in [1.54, 1.807) is 19.1 Å². The van der Waals surface area contributed by atoms with E-state index in [4.69, 9.17) is 16.3 Å². The molecule has 100 valence electrons. The zero-order valence-corrected chi connectivity index (χ0v) is 12.0. The lowest BCUT2D eigenvalue weighted by Gasteiger charge is -2.19. The van der Waals surface area contributed by atoms with Crippen LogP contribution >= 0.6 is 11.6 Å². The molecule has 0 atom stereocenters. The highest BCUT2D eigenvalue weighted by atomic mass is 35.5. The Balaban J connectivity index is 2.84. The maximum atomic E-state index is 11.7. The monoisotopic (exact) mass is 269 g/mol. The molecule has 1 amide bonds. The molecule has 0 aliphatic carbocycles. The van der Waals surface area contributed by atoms with Gasteiger partial charge in [0.2, 0.25) is 5.91 Å². The van der Waals surface area contributed by atoms with Crippen molar-refractivity contribution in [2.45, 2.75) is 26.3 Å². The SMILES string of the molecule is CCc1ccc(OC)c(CN(C)C(=O)CCCl)c1. The lowest BCUT2D eigenvalue weighted by Crippen LogP contribution is -2.26. The van der Waals surface area contributed by atoms with E-state index in [0.717, 1.165) is 17.7 Å². The number of carbonyl (C=O) groups is 1. The third-order valence-electron chi connectivity index (χ3n) is 2.89. The number of benzene rings is 1. The number of carbonyl (C=O) groups excluding carboxylic acids is 1. The fourth-order valence-electron chi connectivity index (χ4n) is 1.79. The summed E-state index contributed by atoms with van der Waals surface area (Å²) in [5.74, 6) is 1.22. The molecule has 3 nitrogen and oxygen atoms in total. The number of hydrogen-bond acceptors (Lipinski definition) is 2. The van der Waals surface area contributed by atoms with Crippen LogP contribution < -0.4 is 4.74 Å². The van der Waals surface area contributed by atoms with E-state index in [-0.39, 0.29) is 5.91 Å². The Hall–Kier alpha value is -1.22. The van der Waals surface area contributed by atoms with Gasteiger partial charge >= 0.3 is 0 Å². The van der Waals surface area contributed by atoms with Crippen molar-refractivity contribution >= 4 is 17.5 Å². The van der Waals surface area contributed by atoms with Crippen LogP contribution in [-0.2, 0) is 17.8 Å². The second-order valence-corrected chi connectivity index (χ2v) is 4.57.